The van der Waals surface area contributed by atoms with Crippen molar-refractivity contribution < 1.29 is 18.6 Å². The van der Waals surface area contributed by atoms with Gasteiger partial charge in [0.1, 0.15) is 23.5 Å². The molecular weight excluding hydrogens is 246 g/mol. The third-order valence-electron chi connectivity index (χ3n) is 2.37. The Morgan fingerprint density at radius 2 is 1.94 bits per heavy atom. The van der Waals surface area contributed by atoms with Gasteiger partial charge in [-0.05, 0) is 11.4 Å². The van der Waals surface area contributed by atoms with Crippen molar-refractivity contribution in [2.45, 2.75) is 6.10 Å². The SMILES string of the molecule is COc1cc(F)c(C(O)c2cccs2)c(F)c1. The lowest BCUT2D eigenvalue weighted by Crippen LogP contribution is -2.05. The number of thiophene rings is 1. The monoisotopic (exact) mass is 256 g/mol. The second-order valence-corrected chi connectivity index (χ2v) is 4.40. The highest BCUT2D eigenvalue weighted by Gasteiger charge is 2.21. The standard InChI is InChI=1S/C12H10F2O2S/c1-16-7-5-8(13)11(9(14)6-7)12(15)10-3-2-4-17-10/h2-6,12,15H,1H3. The lowest BCUT2D eigenvalue weighted by molar-refractivity contribution is 0.212. The minimum absolute atomic E-state index is 0.0853. The molecule has 0 radical (unpaired) electrons. The first-order valence-corrected chi connectivity index (χ1v) is 5.76. The van der Waals surface area contributed by atoms with Crippen molar-refractivity contribution in [2.75, 3.05) is 7.11 Å². The van der Waals surface area contributed by atoms with Crippen LogP contribution in [-0.4, -0.2) is 12.2 Å². The highest BCUT2D eigenvalue weighted by Crippen LogP contribution is 2.31. The van der Waals surface area contributed by atoms with Gasteiger partial charge in [-0.3, -0.25) is 0 Å². The molecule has 1 heterocycles. The van der Waals surface area contributed by atoms with Crippen LogP contribution in [0.15, 0.2) is 29.6 Å². The Hall–Kier alpha value is -1.46. The Labute approximate surface area is 101 Å². The molecule has 1 unspecified atom stereocenters. The molecule has 0 amide bonds. The van der Waals surface area contributed by atoms with Crippen LogP contribution in [0.2, 0.25) is 0 Å². The number of aliphatic hydroxyl groups excluding tert-OH is 1. The molecule has 1 aromatic carbocycles. The maximum Gasteiger partial charge on any atom is 0.136 e. The maximum atomic E-state index is 13.7. The molecule has 1 N–H and O–H groups in total. The minimum atomic E-state index is -1.29. The summed E-state index contributed by atoms with van der Waals surface area (Å²) in [6.07, 6.45) is -1.29. The van der Waals surface area contributed by atoms with E-state index in [1.165, 1.54) is 18.4 Å². The zero-order chi connectivity index (χ0) is 12.4. The first-order valence-electron chi connectivity index (χ1n) is 4.88. The van der Waals surface area contributed by atoms with E-state index >= 15 is 0 Å². The van der Waals surface area contributed by atoms with E-state index < -0.39 is 17.7 Å². The summed E-state index contributed by atoms with van der Waals surface area (Å²) in [5.74, 6) is -1.55. The molecule has 90 valence electrons. The molecule has 0 aliphatic heterocycles. The van der Waals surface area contributed by atoms with Crippen LogP contribution in [0.5, 0.6) is 5.75 Å². The summed E-state index contributed by atoms with van der Waals surface area (Å²) in [7, 11) is 1.32. The Bertz CT molecular complexity index is 488. The van der Waals surface area contributed by atoms with Crippen molar-refractivity contribution in [3.8, 4) is 5.75 Å². The number of benzene rings is 1. The van der Waals surface area contributed by atoms with E-state index in [9.17, 15) is 13.9 Å². The molecule has 2 rings (SSSR count). The van der Waals surface area contributed by atoms with Crippen molar-refractivity contribution in [3.05, 3.63) is 51.7 Å². The third kappa shape index (κ3) is 2.30. The molecule has 2 aromatic rings. The summed E-state index contributed by atoms with van der Waals surface area (Å²) in [4.78, 5) is 0.493. The van der Waals surface area contributed by atoms with Gasteiger partial charge in [-0.15, -0.1) is 11.3 Å². The zero-order valence-electron chi connectivity index (χ0n) is 8.98. The molecule has 17 heavy (non-hydrogen) atoms. The Balaban J connectivity index is 2.45. The smallest absolute Gasteiger partial charge is 0.136 e. The zero-order valence-corrected chi connectivity index (χ0v) is 9.80. The van der Waals surface area contributed by atoms with Crippen LogP contribution in [0.4, 0.5) is 8.78 Å². The fraction of sp³-hybridized carbons (Fsp3) is 0.167. The van der Waals surface area contributed by atoms with E-state index in [2.05, 4.69) is 0 Å². The summed E-state index contributed by atoms with van der Waals surface area (Å²) in [5.41, 5.74) is -0.353. The normalized spacial score (nSPS) is 12.5. The first-order chi connectivity index (χ1) is 8.13. The van der Waals surface area contributed by atoms with Crippen LogP contribution in [-0.2, 0) is 0 Å². The van der Waals surface area contributed by atoms with Crippen molar-refractivity contribution in [3.63, 3.8) is 0 Å². The van der Waals surface area contributed by atoms with Gasteiger partial charge < -0.3 is 9.84 Å². The van der Waals surface area contributed by atoms with Gasteiger partial charge in [0, 0.05) is 17.0 Å². The summed E-state index contributed by atoms with van der Waals surface area (Å²) in [6.45, 7) is 0. The summed E-state index contributed by atoms with van der Waals surface area (Å²) < 4.78 is 32.1. The number of rotatable bonds is 3. The van der Waals surface area contributed by atoms with Gasteiger partial charge >= 0.3 is 0 Å². The molecule has 0 saturated carbocycles. The van der Waals surface area contributed by atoms with Crippen molar-refractivity contribution >= 4 is 11.3 Å². The van der Waals surface area contributed by atoms with Gasteiger partial charge in [-0.25, -0.2) is 8.78 Å². The molecule has 0 bridgehead atoms. The Morgan fingerprint density at radius 3 is 2.41 bits per heavy atom. The lowest BCUT2D eigenvalue weighted by atomic mass is 10.1. The number of halogens is 2. The van der Waals surface area contributed by atoms with Crippen molar-refractivity contribution in [1.29, 1.82) is 0 Å². The Morgan fingerprint density at radius 1 is 1.29 bits per heavy atom. The molecule has 0 fully saturated rings. The quantitative estimate of drug-likeness (QED) is 0.914. The first kappa shape index (κ1) is 12.0. The van der Waals surface area contributed by atoms with Gasteiger partial charge in [-0.2, -0.15) is 0 Å². The molecule has 0 aliphatic rings. The predicted molar refractivity (Wildman–Crippen MR) is 61.3 cm³/mol. The molecule has 0 aliphatic carbocycles. The van der Waals surface area contributed by atoms with Gasteiger partial charge in [0.25, 0.3) is 0 Å². The Kier molecular flexibility index (Phi) is 3.40. The number of aliphatic hydroxyl groups is 1. The van der Waals surface area contributed by atoms with E-state index in [-0.39, 0.29) is 11.3 Å². The average Bonchev–Trinajstić information content (AvgIpc) is 2.81. The minimum Gasteiger partial charge on any atom is -0.497 e. The highest BCUT2D eigenvalue weighted by molar-refractivity contribution is 7.10. The van der Waals surface area contributed by atoms with Crippen molar-refractivity contribution in [1.82, 2.24) is 0 Å². The fourth-order valence-corrected chi connectivity index (χ4v) is 2.25. The van der Waals surface area contributed by atoms with Crippen LogP contribution in [0.1, 0.15) is 16.5 Å². The molecule has 5 heteroatoms. The van der Waals surface area contributed by atoms with E-state index in [0.717, 1.165) is 12.1 Å². The van der Waals surface area contributed by atoms with E-state index in [1.54, 1.807) is 17.5 Å². The number of methoxy groups -OCH3 is 1. The predicted octanol–water partition coefficient (Wildman–Crippen LogP) is 3.12. The third-order valence-corrected chi connectivity index (χ3v) is 3.30. The van der Waals surface area contributed by atoms with Gasteiger partial charge in [0.2, 0.25) is 0 Å². The molecule has 0 saturated heterocycles. The number of ether oxygens (including phenoxy) is 1. The average molecular weight is 256 g/mol. The number of hydrogen-bond donors (Lipinski definition) is 1. The van der Waals surface area contributed by atoms with Gasteiger partial charge in [-0.1, -0.05) is 6.07 Å². The largest absolute Gasteiger partial charge is 0.497 e. The molecule has 0 spiro atoms. The van der Waals surface area contributed by atoms with E-state index in [4.69, 9.17) is 4.74 Å². The van der Waals surface area contributed by atoms with Crippen LogP contribution >= 0.6 is 11.3 Å². The topological polar surface area (TPSA) is 29.5 Å². The van der Waals surface area contributed by atoms with Gasteiger partial charge in [0.05, 0.1) is 12.7 Å². The summed E-state index contributed by atoms with van der Waals surface area (Å²) in [6, 6.07) is 5.44. The molecule has 1 aromatic heterocycles. The number of hydrogen-bond acceptors (Lipinski definition) is 3. The van der Waals surface area contributed by atoms with E-state index in [0.29, 0.717) is 4.88 Å². The van der Waals surface area contributed by atoms with Gasteiger partial charge in [0.15, 0.2) is 0 Å². The second kappa shape index (κ2) is 4.81. The van der Waals surface area contributed by atoms with Crippen LogP contribution in [0.3, 0.4) is 0 Å². The fourth-order valence-electron chi connectivity index (χ4n) is 1.53. The molecular formula is C12H10F2O2S. The molecule has 1 atom stereocenters. The van der Waals surface area contributed by atoms with Crippen molar-refractivity contribution in [2.24, 2.45) is 0 Å². The lowest BCUT2D eigenvalue weighted by Gasteiger charge is -2.12. The van der Waals surface area contributed by atoms with Crippen LogP contribution < -0.4 is 4.74 Å². The van der Waals surface area contributed by atoms with Crippen LogP contribution in [0.25, 0.3) is 0 Å². The summed E-state index contributed by atoms with van der Waals surface area (Å²) >= 11 is 1.24. The summed E-state index contributed by atoms with van der Waals surface area (Å²) in [5, 5.41) is 11.6. The van der Waals surface area contributed by atoms with E-state index in [1.807, 2.05) is 0 Å². The molecule has 2 nitrogen and oxygen atoms in total. The highest BCUT2D eigenvalue weighted by atomic mass is 32.1. The second-order valence-electron chi connectivity index (χ2n) is 3.42. The van der Waals surface area contributed by atoms with Crippen LogP contribution in [0, 0.1) is 11.6 Å². The maximum absolute atomic E-state index is 13.7.